The lowest BCUT2D eigenvalue weighted by molar-refractivity contribution is 0.0812. The fourth-order valence-electron chi connectivity index (χ4n) is 6.01. The summed E-state index contributed by atoms with van der Waals surface area (Å²) in [4.78, 5) is 18.1. The summed E-state index contributed by atoms with van der Waals surface area (Å²) < 4.78 is 37.7. The molecule has 3 aromatic heterocycles. The van der Waals surface area contributed by atoms with Crippen LogP contribution in [0.3, 0.4) is 0 Å². The minimum atomic E-state index is -2.60. The first-order valence-electron chi connectivity index (χ1n) is 12.1. The highest BCUT2D eigenvalue weighted by atomic mass is 19.3. The Morgan fingerprint density at radius 3 is 2.72 bits per heavy atom. The molecule has 2 atom stereocenters. The van der Waals surface area contributed by atoms with E-state index in [2.05, 4.69) is 33.0 Å². The van der Waals surface area contributed by atoms with Gasteiger partial charge in [0, 0.05) is 29.9 Å². The van der Waals surface area contributed by atoms with Crippen LogP contribution in [0.1, 0.15) is 42.7 Å². The fourth-order valence-corrected chi connectivity index (χ4v) is 6.01. The Morgan fingerprint density at radius 2 is 2.03 bits per heavy atom. The maximum atomic E-state index is 13.2. The van der Waals surface area contributed by atoms with Crippen molar-refractivity contribution in [3.8, 4) is 29.1 Å². The van der Waals surface area contributed by atoms with Gasteiger partial charge in [0.2, 0.25) is 5.88 Å². The number of halogens is 2. The zero-order valence-corrected chi connectivity index (χ0v) is 20.0. The number of hydrogen-bond acceptors (Lipinski definition) is 6. The van der Waals surface area contributed by atoms with Gasteiger partial charge in [0.25, 0.3) is 6.43 Å². The van der Waals surface area contributed by atoms with Crippen LogP contribution >= 0.6 is 0 Å². The molecule has 0 radical (unpaired) electrons. The van der Waals surface area contributed by atoms with Crippen molar-refractivity contribution in [1.29, 1.82) is 5.26 Å². The summed E-state index contributed by atoms with van der Waals surface area (Å²) in [5.41, 5.74) is 3.77. The van der Waals surface area contributed by atoms with E-state index in [1.54, 1.807) is 12.4 Å². The molecule has 6 rings (SSSR count). The summed E-state index contributed by atoms with van der Waals surface area (Å²) in [6.45, 7) is -0.698. The van der Waals surface area contributed by atoms with Crippen LogP contribution in [0.2, 0.25) is 0 Å². The molecule has 10 heteroatoms. The smallest absolute Gasteiger partial charge is 0.272 e. The number of nitrogens with one attached hydrogen (secondary N) is 2. The molecule has 36 heavy (non-hydrogen) atoms. The Bertz CT molecular complexity index is 1480. The van der Waals surface area contributed by atoms with Crippen molar-refractivity contribution >= 4 is 21.9 Å². The number of nitrogens with zero attached hydrogens (tertiary/aromatic N) is 4. The van der Waals surface area contributed by atoms with Crippen LogP contribution in [0.5, 0.6) is 11.6 Å². The maximum Gasteiger partial charge on any atom is 0.272 e. The summed E-state index contributed by atoms with van der Waals surface area (Å²) in [6.07, 6.45) is 4.87. The van der Waals surface area contributed by atoms with Crippen molar-refractivity contribution in [3.05, 3.63) is 35.7 Å². The van der Waals surface area contributed by atoms with E-state index < -0.39 is 13.0 Å². The molecular weight excluding hydrogens is 466 g/mol. The number of benzene rings is 1. The first-order valence-corrected chi connectivity index (χ1v) is 12.1. The van der Waals surface area contributed by atoms with Crippen molar-refractivity contribution in [2.45, 2.75) is 50.1 Å². The second-order valence-corrected chi connectivity index (χ2v) is 9.63. The molecule has 2 bridgehead atoms. The summed E-state index contributed by atoms with van der Waals surface area (Å²) >= 11 is 0. The first kappa shape index (κ1) is 22.7. The minimum absolute atomic E-state index is 0.220. The largest absolute Gasteiger partial charge is 0.485 e. The fraction of sp³-hybridized carbons (Fsp3) is 0.423. The number of ether oxygens (including phenoxy) is 2. The molecule has 186 valence electrons. The monoisotopic (exact) mass is 492 g/mol. The van der Waals surface area contributed by atoms with E-state index in [1.807, 2.05) is 12.1 Å². The second-order valence-electron chi connectivity index (χ2n) is 9.63. The van der Waals surface area contributed by atoms with Gasteiger partial charge in [-0.1, -0.05) is 6.07 Å². The van der Waals surface area contributed by atoms with Gasteiger partial charge in [-0.3, -0.25) is 0 Å². The normalized spacial score (nSPS) is 21.9. The number of aromatic nitrogens is 4. The van der Waals surface area contributed by atoms with Gasteiger partial charge in [0.05, 0.1) is 23.7 Å². The van der Waals surface area contributed by atoms with Crippen LogP contribution in [0.4, 0.5) is 8.78 Å². The van der Waals surface area contributed by atoms with E-state index in [-0.39, 0.29) is 5.92 Å². The van der Waals surface area contributed by atoms with Crippen LogP contribution in [0.15, 0.2) is 24.5 Å². The second kappa shape index (κ2) is 8.75. The predicted molar refractivity (Wildman–Crippen MR) is 130 cm³/mol. The standard InChI is InChI=1S/C26H26F2N6O2/c1-34-15-3-4-16(34)8-13(7-15)17-5-6-19-23(24(17)36-12-20(27)28)33-25(32-19)21-22-18(11-31-26(21)35-2)14(9-29)10-30-22/h5-6,10-11,13,15-16,20,30H,3-4,7-8,12H2,1-2H3,(H,32,33). The lowest BCUT2D eigenvalue weighted by atomic mass is 9.84. The van der Waals surface area contributed by atoms with Gasteiger partial charge in [0.15, 0.2) is 5.75 Å². The average Bonchev–Trinajstić information content (AvgIpc) is 3.54. The van der Waals surface area contributed by atoms with Gasteiger partial charge in [0.1, 0.15) is 29.6 Å². The third-order valence-corrected chi connectivity index (χ3v) is 7.78. The van der Waals surface area contributed by atoms with E-state index in [0.717, 1.165) is 31.2 Å². The third-order valence-electron chi connectivity index (χ3n) is 7.78. The van der Waals surface area contributed by atoms with Gasteiger partial charge in [-0.15, -0.1) is 0 Å². The zero-order chi connectivity index (χ0) is 25.0. The Labute approximate surface area is 206 Å². The maximum absolute atomic E-state index is 13.2. The molecule has 2 aliphatic heterocycles. The number of H-pyrrole nitrogens is 2. The van der Waals surface area contributed by atoms with Gasteiger partial charge in [-0.05, 0) is 50.3 Å². The molecule has 2 saturated heterocycles. The van der Waals surface area contributed by atoms with Gasteiger partial charge in [-0.25, -0.2) is 18.7 Å². The minimum Gasteiger partial charge on any atom is -0.485 e. The van der Waals surface area contributed by atoms with E-state index >= 15 is 0 Å². The molecule has 2 unspecified atom stereocenters. The molecular formula is C26H26F2N6O2. The quantitative estimate of drug-likeness (QED) is 0.394. The molecule has 5 heterocycles. The molecule has 2 N–H and O–H groups in total. The molecule has 0 amide bonds. The number of nitriles is 1. The van der Waals surface area contributed by atoms with Gasteiger partial charge >= 0.3 is 0 Å². The molecule has 1 aromatic carbocycles. The Kier molecular flexibility index (Phi) is 5.52. The molecule has 2 aliphatic rings. The van der Waals surface area contributed by atoms with Crippen molar-refractivity contribution < 1.29 is 18.3 Å². The molecule has 0 saturated carbocycles. The van der Waals surface area contributed by atoms with Crippen molar-refractivity contribution in [2.75, 3.05) is 20.8 Å². The SMILES string of the molecule is COc1ncc2c(C#N)c[nH]c2c1-c1nc2c(OCC(F)F)c(C3CC4CCC(C3)N4C)ccc2[nH]1. The highest BCUT2D eigenvalue weighted by molar-refractivity contribution is 5.99. The summed E-state index contributed by atoms with van der Waals surface area (Å²) in [6, 6.07) is 7.07. The number of aromatic amines is 2. The number of imidazole rings is 1. The third kappa shape index (κ3) is 3.57. The van der Waals surface area contributed by atoms with Crippen LogP contribution in [-0.4, -0.2) is 64.1 Å². The topological polar surface area (TPSA) is 103 Å². The van der Waals surface area contributed by atoms with Crippen molar-refractivity contribution in [2.24, 2.45) is 0 Å². The number of pyridine rings is 1. The molecule has 4 aromatic rings. The van der Waals surface area contributed by atoms with Crippen molar-refractivity contribution in [1.82, 2.24) is 24.8 Å². The average molecular weight is 493 g/mol. The van der Waals surface area contributed by atoms with Crippen LogP contribution in [0.25, 0.3) is 33.3 Å². The summed E-state index contributed by atoms with van der Waals surface area (Å²) in [5, 5.41) is 10.1. The molecule has 0 aliphatic carbocycles. The molecule has 2 fully saturated rings. The number of alkyl halides is 2. The van der Waals surface area contributed by atoms with Gasteiger partial charge in [-0.2, -0.15) is 5.26 Å². The number of piperidine rings is 1. The molecule has 8 nitrogen and oxygen atoms in total. The van der Waals surface area contributed by atoms with Gasteiger partial charge < -0.3 is 24.3 Å². The first-order chi connectivity index (χ1) is 17.5. The zero-order valence-electron chi connectivity index (χ0n) is 20.0. The Balaban J connectivity index is 1.50. The highest BCUT2D eigenvalue weighted by Gasteiger charge is 2.40. The summed E-state index contributed by atoms with van der Waals surface area (Å²) in [7, 11) is 3.69. The predicted octanol–water partition coefficient (Wildman–Crippen LogP) is 4.97. The number of fused-ring (bicyclic) bond motifs is 4. The van der Waals surface area contributed by atoms with Crippen LogP contribution < -0.4 is 9.47 Å². The van der Waals surface area contributed by atoms with Crippen LogP contribution in [-0.2, 0) is 0 Å². The number of methoxy groups -OCH3 is 1. The van der Waals surface area contributed by atoms with E-state index in [9.17, 15) is 14.0 Å². The van der Waals surface area contributed by atoms with E-state index in [0.29, 0.717) is 62.6 Å². The number of rotatable bonds is 6. The lowest BCUT2D eigenvalue weighted by Crippen LogP contribution is -2.39. The van der Waals surface area contributed by atoms with Crippen molar-refractivity contribution in [3.63, 3.8) is 0 Å². The lowest BCUT2D eigenvalue weighted by Gasteiger charge is -2.37. The Hall–Kier alpha value is -3.71. The Morgan fingerprint density at radius 1 is 1.25 bits per heavy atom. The van der Waals surface area contributed by atoms with Crippen LogP contribution in [0, 0.1) is 11.3 Å². The van der Waals surface area contributed by atoms with E-state index in [4.69, 9.17) is 14.5 Å². The molecule has 0 spiro atoms. The highest BCUT2D eigenvalue weighted by Crippen LogP contribution is 2.46. The van der Waals surface area contributed by atoms with E-state index in [1.165, 1.54) is 7.11 Å². The summed E-state index contributed by atoms with van der Waals surface area (Å²) in [5.74, 6) is 1.41. The number of hydrogen-bond donors (Lipinski definition) is 2.